The van der Waals surface area contributed by atoms with E-state index in [4.69, 9.17) is 5.11 Å². The van der Waals surface area contributed by atoms with Crippen molar-refractivity contribution in [3.63, 3.8) is 0 Å². The van der Waals surface area contributed by atoms with Crippen LogP contribution in [0.5, 0.6) is 0 Å². The second-order valence-corrected chi connectivity index (χ2v) is 7.83. The molecule has 0 heterocycles. The molecule has 0 radical (unpaired) electrons. The molecule has 2 nitrogen and oxygen atoms in total. The van der Waals surface area contributed by atoms with Crippen molar-refractivity contribution in [2.45, 2.75) is 130 Å². The fourth-order valence-corrected chi connectivity index (χ4v) is 3.91. The Balaban J connectivity index is 4.03. The second-order valence-electron chi connectivity index (χ2n) is 7.83. The molecule has 1 N–H and O–H groups in total. The second kappa shape index (κ2) is 17.6. The molecule has 0 saturated heterocycles. The molecule has 0 bridgehead atoms. The van der Waals surface area contributed by atoms with E-state index in [1.165, 1.54) is 83.5 Å². The average molecular weight is 367 g/mol. The van der Waals surface area contributed by atoms with Gasteiger partial charge in [0.25, 0.3) is 0 Å². The van der Waals surface area contributed by atoms with Crippen molar-refractivity contribution < 1.29 is 9.90 Å². The van der Waals surface area contributed by atoms with Crippen molar-refractivity contribution in [1.82, 2.24) is 0 Å². The zero-order valence-corrected chi connectivity index (χ0v) is 18.2. The van der Waals surface area contributed by atoms with Gasteiger partial charge in [-0.2, -0.15) is 0 Å². The van der Waals surface area contributed by atoms with Crippen LogP contribution in [0.25, 0.3) is 0 Å². The number of aliphatic carboxylic acids is 1. The van der Waals surface area contributed by atoms with Gasteiger partial charge < -0.3 is 5.11 Å². The molecule has 0 spiro atoms. The van der Waals surface area contributed by atoms with Crippen molar-refractivity contribution in [2.24, 2.45) is 5.92 Å². The SMILES string of the molecule is CCCCCCCC/C(CC)=C(/CC)CCCCCCC(CC)C(=O)O. The van der Waals surface area contributed by atoms with E-state index < -0.39 is 5.97 Å². The molecule has 0 aliphatic rings. The van der Waals surface area contributed by atoms with Crippen LogP contribution in [0.1, 0.15) is 130 Å². The Kier molecular flexibility index (Phi) is 17.1. The largest absolute Gasteiger partial charge is 0.481 e. The van der Waals surface area contributed by atoms with Gasteiger partial charge >= 0.3 is 5.97 Å². The van der Waals surface area contributed by atoms with E-state index >= 15 is 0 Å². The number of allylic oxidation sites excluding steroid dienone is 2. The highest BCUT2D eigenvalue weighted by molar-refractivity contribution is 5.69. The first kappa shape index (κ1) is 25.2. The van der Waals surface area contributed by atoms with Gasteiger partial charge in [0.2, 0.25) is 0 Å². The Morgan fingerprint density at radius 1 is 0.692 bits per heavy atom. The predicted octanol–water partition coefficient (Wildman–Crippen LogP) is 8.31. The third kappa shape index (κ3) is 12.5. The molecule has 0 amide bonds. The summed E-state index contributed by atoms with van der Waals surface area (Å²) in [4.78, 5) is 11.0. The molecule has 2 heteroatoms. The first-order valence-corrected chi connectivity index (χ1v) is 11.5. The number of hydrogen-bond donors (Lipinski definition) is 1. The maximum atomic E-state index is 11.0. The number of unbranched alkanes of at least 4 members (excludes halogenated alkanes) is 8. The number of carboxylic acids is 1. The van der Waals surface area contributed by atoms with Crippen LogP contribution in [0.2, 0.25) is 0 Å². The number of carboxylic acid groups (broad SMARTS) is 1. The maximum absolute atomic E-state index is 11.0. The van der Waals surface area contributed by atoms with Crippen LogP contribution in [0, 0.1) is 5.92 Å². The third-order valence-electron chi connectivity index (χ3n) is 5.81. The fraction of sp³-hybridized carbons (Fsp3) is 0.875. The van der Waals surface area contributed by atoms with E-state index in [-0.39, 0.29) is 5.92 Å². The molecular weight excluding hydrogens is 320 g/mol. The van der Waals surface area contributed by atoms with Crippen molar-refractivity contribution in [3.8, 4) is 0 Å². The zero-order chi connectivity index (χ0) is 19.6. The topological polar surface area (TPSA) is 37.3 Å². The van der Waals surface area contributed by atoms with Gasteiger partial charge in [-0.25, -0.2) is 0 Å². The minimum atomic E-state index is -0.619. The summed E-state index contributed by atoms with van der Waals surface area (Å²) < 4.78 is 0. The molecule has 0 aromatic rings. The van der Waals surface area contributed by atoms with Gasteiger partial charge in [0.05, 0.1) is 5.92 Å². The molecule has 0 rings (SSSR count). The number of hydrogen-bond acceptors (Lipinski definition) is 1. The van der Waals surface area contributed by atoms with Crippen LogP contribution in [0.15, 0.2) is 11.1 Å². The summed E-state index contributed by atoms with van der Waals surface area (Å²) in [6.45, 7) is 8.89. The van der Waals surface area contributed by atoms with E-state index in [9.17, 15) is 4.79 Å². The van der Waals surface area contributed by atoms with Gasteiger partial charge in [0.1, 0.15) is 0 Å². The Morgan fingerprint density at radius 3 is 1.58 bits per heavy atom. The van der Waals surface area contributed by atoms with Crippen molar-refractivity contribution >= 4 is 5.97 Å². The minimum Gasteiger partial charge on any atom is -0.481 e. The summed E-state index contributed by atoms with van der Waals surface area (Å²) in [6, 6.07) is 0. The van der Waals surface area contributed by atoms with Crippen molar-refractivity contribution in [1.29, 1.82) is 0 Å². The number of carbonyl (C=O) groups is 1. The monoisotopic (exact) mass is 366 g/mol. The lowest BCUT2D eigenvalue weighted by Crippen LogP contribution is -2.12. The lowest BCUT2D eigenvalue weighted by molar-refractivity contribution is -0.142. The minimum absolute atomic E-state index is 0.134. The summed E-state index contributed by atoms with van der Waals surface area (Å²) in [5.74, 6) is -0.754. The van der Waals surface area contributed by atoms with E-state index in [2.05, 4.69) is 20.8 Å². The van der Waals surface area contributed by atoms with Crippen LogP contribution < -0.4 is 0 Å². The lowest BCUT2D eigenvalue weighted by atomic mass is 9.93. The highest BCUT2D eigenvalue weighted by Gasteiger charge is 2.13. The summed E-state index contributed by atoms with van der Waals surface area (Å²) in [6.07, 6.45) is 19.6. The molecule has 0 aromatic carbocycles. The molecular formula is C24H46O2. The van der Waals surface area contributed by atoms with E-state index in [0.29, 0.717) is 0 Å². The fourth-order valence-electron chi connectivity index (χ4n) is 3.91. The molecule has 26 heavy (non-hydrogen) atoms. The molecule has 1 atom stereocenters. The molecule has 0 aromatic heterocycles. The van der Waals surface area contributed by atoms with Crippen LogP contribution in [0.4, 0.5) is 0 Å². The van der Waals surface area contributed by atoms with Gasteiger partial charge in [0, 0.05) is 0 Å². The molecule has 154 valence electrons. The quantitative estimate of drug-likeness (QED) is 0.195. The first-order chi connectivity index (χ1) is 12.6. The number of rotatable bonds is 18. The smallest absolute Gasteiger partial charge is 0.306 e. The van der Waals surface area contributed by atoms with E-state index in [0.717, 1.165) is 19.3 Å². The normalized spacial score (nSPS) is 13.5. The Labute approximate surface area is 163 Å². The molecule has 1 unspecified atom stereocenters. The van der Waals surface area contributed by atoms with E-state index in [1.807, 2.05) is 6.92 Å². The Bertz CT molecular complexity index is 370. The Morgan fingerprint density at radius 2 is 1.15 bits per heavy atom. The Hall–Kier alpha value is -0.790. The lowest BCUT2D eigenvalue weighted by Gasteiger charge is -2.14. The van der Waals surface area contributed by atoms with Gasteiger partial charge in [-0.05, 0) is 51.4 Å². The zero-order valence-electron chi connectivity index (χ0n) is 18.2. The first-order valence-electron chi connectivity index (χ1n) is 11.5. The summed E-state index contributed by atoms with van der Waals surface area (Å²) >= 11 is 0. The molecule has 0 saturated carbocycles. The van der Waals surface area contributed by atoms with Gasteiger partial charge in [-0.15, -0.1) is 0 Å². The van der Waals surface area contributed by atoms with Crippen molar-refractivity contribution in [3.05, 3.63) is 11.1 Å². The average Bonchev–Trinajstić information content (AvgIpc) is 2.64. The standard InChI is InChI=1S/C24H46O2/c1-5-9-10-11-12-15-18-21(6-2)22(7-3)19-16-13-14-17-20-23(8-4)24(25)26/h23H,5-20H2,1-4H3,(H,25,26)/b22-21-. The maximum Gasteiger partial charge on any atom is 0.306 e. The summed E-state index contributed by atoms with van der Waals surface area (Å²) in [5, 5.41) is 9.09. The van der Waals surface area contributed by atoms with Crippen molar-refractivity contribution in [2.75, 3.05) is 0 Å². The van der Waals surface area contributed by atoms with Crippen LogP contribution in [-0.4, -0.2) is 11.1 Å². The van der Waals surface area contributed by atoms with Crippen LogP contribution in [0.3, 0.4) is 0 Å². The summed E-state index contributed by atoms with van der Waals surface area (Å²) in [7, 11) is 0. The highest BCUT2D eigenvalue weighted by atomic mass is 16.4. The molecule has 0 aliphatic heterocycles. The van der Waals surface area contributed by atoms with E-state index in [1.54, 1.807) is 11.1 Å². The van der Waals surface area contributed by atoms with Gasteiger partial charge in [-0.1, -0.05) is 90.2 Å². The summed E-state index contributed by atoms with van der Waals surface area (Å²) in [5.41, 5.74) is 3.43. The molecule has 0 fully saturated rings. The molecule has 0 aliphatic carbocycles. The van der Waals surface area contributed by atoms with Crippen LogP contribution >= 0.6 is 0 Å². The van der Waals surface area contributed by atoms with Crippen LogP contribution in [-0.2, 0) is 4.79 Å². The van der Waals surface area contributed by atoms with Gasteiger partial charge in [-0.3, -0.25) is 4.79 Å². The predicted molar refractivity (Wildman–Crippen MR) is 115 cm³/mol. The van der Waals surface area contributed by atoms with Gasteiger partial charge in [0.15, 0.2) is 0 Å². The third-order valence-corrected chi connectivity index (χ3v) is 5.81. The highest BCUT2D eigenvalue weighted by Crippen LogP contribution is 2.25.